The maximum atomic E-state index is 13.4. The SMILES string of the molecule is CCCn1c(NC(=O)C2(n3cccn3)CCNCC2)nc2ccccc21. The number of nitrogens with one attached hydrogen (secondary N) is 2. The lowest BCUT2D eigenvalue weighted by atomic mass is 9.87. The molecule has 3 heterocycles. The van der Waals surface area contributed by atoms with Crippen LogP contribution in [0.4, 0.5) is 5.95 Å². The first-order chi connectivity index (χ1) is 12.7. The second kappa shape index (κ2) is 6.92. The van der Waals surface area contributed by atoms with Crippen molar-refractivity contribution in [3.8, 4) is 0 Å². The molecule has 0 bridgehead atoms. The van der Waals surface area contributed by atoms with Gasteiger partial charge in [0.05, 0.1) is 11.0 Å². The standard InChI is InChI=1S/C19H24N6O/c1-2-13-24-16-7-4-3-6-15(16)22-18(24)23-17(26)19(8-11-20-12-9-19)25-14-5-10-21-25/h3-7,10,14,20H,2,8-9,11-13H2,1H3,(H,22,23,26). The van der Waals surface area contributed by atoms with E-state index in [0.29, 0.717) is 18.8 Å². The Balaban J connectivity index is 1.70. The lowest BCUT2D eigenvalue weighted by molar-refractivity contribution is -0.126. The molecule has 1 fully saturated rings. The number of para-hydroxylation sites is 2. The molecule has 0 saturated carbocycles. The van der Waals surface area contributed by atoms with Gasteiger partial charge in [-0.25, -0.2) is 4.98 Å². The zero-order chi connectivity index (χ0) is 18.0. The van der Waals surface area contributed by atoms with Crippen molar-refractivity contribution in [3.63, 3.8) is 0 Å². The summed E-state index contributed by atoms with van der Waals surface area (Å²) in [5.74, 6) is 0.568. The average Bonchev–Trinajstić information content (AvgIpc) is 3.32. The van der Waals surface area contributed by atoms with E-state index in [9.17, 15) is 4.79 Å². The van der Waals surface area contributed by atoms with Crippen LogP contribution >= 0.6 is 0 Å². The molecule has 0 spiro atoms. The van der Waals surface area contributed by atoms with Crippen LogP contribution in [0.25, 0.3) is 11.0 Å². The first-order valence-electron chi connectivity index (χ1n) is 9.22. The summed E-state index contributed by atoms with van der Waals surface area (Å²) in [5.41, 5.74) is 1.27. The molecule has 0 radical (unpaired) electrons. The van der Waals surface area contributed by atoms with Crippen LogP contribution in [0.3, 0.4) is 0 Å². The number of benzene rings is 1. The number of carbonyl (C=O) groups is 1. The van der Waals surface area contributed by atoms with E-state index >= 15 is 0 Å². The number of amides is 1. The second-order valence-electron chi connectivity index (χ2n) is 6.76. The van der Waals surface area contributed by atoms with Crippen LogP contribution in [0.1, 0.15) is 26.2 Å². The van der Waals surface area contributed by atoms with Gasteiger partial charge in [-0.05, 0) is 50.6 Å². The minimum atomic E-state index is -0.677. The summed E-state index contributed by atoms with van der Waals surface area (Å²) in [7, 11) is 0. The van der Waals surface area contributed by atoms with E-state index in [1.54, 1.807) is 10.9 Å². The maximum Gasteiger partial charge on any atom is 0.254 e. The van der Waals surface area contributed by atoms with Crippen LogP contribution < -0.4 is 10.6 Å². The smallest absolute Gasteiger partial charge is 0.254 e. The summed E-state index contributed by atoms with van der Waals surface area (Å²) in [4.78, 5) is 18.0. The summed E-state index contributed by atoms with van der Waals surface area (Å²) < 4.78 is 3.89. The summed E-state index contributed by atoms with van der Waals surface area (Å²) in [6.45, 7) is 4.52. The van der Waals surface area contributed by atoms with Crippen molar-refractivity contribution < 1.29 is 4.79 Å². The van der Waals surface area contributed by atoms with Gasteiger partial charge in [-0.3, -0.25) is 14.8 Å². The highest BCUT2D eigenvalue weighted by atomic mass is 16.2. The number of nitrogens with zero attached hydrogens (tertiary/aromatic N) is 4. The van der Waals surface area contributed by atoms with Gasteiger partial charge in [0.1, 0.15) is 5.54 Å². The number of aryl methyl sites for hydroxylation is 1. The number of rotatable bonds is 5. The Morgan fingerprint density at radius 2 is 2.08 bits per heavy atom. The first kappa shape index (κ1) is 16.8. The molecule has 136 valence electrons. The van der Waals surface area contributed by atoms with Crippen LogP contribution in [-0.2, 0) is 16.9 Å². The molecule has 3 aromatic rings. The van der Waals surface area contributed by atoms with Crippen molar-refractivity contribution in [1.29, 1.82) is 0 Å². The number of hydrogen-bond acceptors (Lipinski definition) is 4. The predicted octanol–water partition coefficient (Wildman–Crippen LogP) is 2.36. The largest absolute Gasteiger partial charge is 0.317 e. The summed E-state index contributed by atoms with van der Waals surface area (Å²) >= 11 is 0. The van der Waals surface area contributed by atoms with E-state index in [2.05, 4.69) is 32.2 Å². The lowest BCUT2D eigenvalue weighted by Gasteiger charge is -2.36. The normalized spacial score (nSPS) is 16.7. The van der Waals surface area contributed by atoms with Crippen LogP contribution in [0.15, 0.2) is 42.7 Å². The number of piperidine rings is 1. The highest BCUT2D eigenvalue weighted by Crippen LogP contribution is 2.29. The van der Waals surface area contributed by atoms with Crippen LogP contribution in [0.2, 0.25) is 0 Å². The fourth-order valence-electron chi connectivity index (χ4n) is 3.76. The number of aromatic nitrogens is 4. The molecule has 1 aliphatic rings. The average molecular weight is 352 g/mol. The van der Waals surface area contributed by atoms with Gasteiger partial charge in [0, 0.05) is 18.9 Å². The molecule has 2 N–H and O–H groups in total. The minimum absolute atomic E-state index is 0.0460. The third-order valence-electron chi connectivity index (χ3n) is 5.12. The molecule has 0 aliphatic carbocycles. The van der Waals surface area contributed by atoms with E-state index in [-0.39, 0.29) is 5.91 Å². The highest BCUT2D eigenvalue weighted by molar-refractivity contribution is 5.97. The molecule has 1 amide bonds. The van der Waals surface area contributed by atoms with E-state index in [0.717, 1.165) is 37.1 Å². The Morgan fingerprint density at radius 3 is 2.81 bits per heavy atom. The summed E-state index contributed by atoms with van der Waals surface area (Å²) in [5, 5.41) is 10.8. The van der Waals surface area contributed by atoms with E-state index in [1.807, 2.05) is 36.5 Å². The Morgan fingerprint density at radius 1 is 1.27 bits per heavy atom. The highest BCUT2D eigenvalue weighted by Gasteiger charge is 2.42. The van der Waals surface area contributed by atoms with Gasteiger partial charge < -0.3 is 9.88 Å². The van der Waals surface area contributed by atoms with Crippen LogP contribution in [-0.4, -0.2) is 38.3 Å². The Bertz CT molecular complexity index is 892. The number of hydrogen-bond donors (Lipinski definition) is 2. The second-order valence-corrected chi connectivity index (χ2v) is 6.76. The van der Waals surface area contributed by atoms with E-state index < -0.39 is 5.54 Å². The van der Waals surface area contributed by atoms with Gasteiger partial charge in [0.15, 0.2) is 0 Å². The van der Waals surface area contributed by atoms with Gasteiger partial charge in [0.25, 0.3) is 5.91 Å². The van der Waals surface area contributed by atoms with Crippen molar-refractivity contribution in [3.05, 3.63) is 42.7 Å². The van der Waals surface area contributed by atoms with Gasteiger partial charge >= 0.3 is 0 Å². The number of imidazole rings is 1. The van der Waals surface area contributed by atoms with Crippen molar-refractivity contribution in [1.82, 2.24) is 24.6 Å². The molecule has 0 unspecified atom stereocenters. The third-order valence-corrected chi connectivity index (χ3v) is 5.12. The molecule has 26 heavy (non-hydrogen) atoms. The Kier molecular flexibility index (Phi) is 4.46. The van der Waals surface area contributed by atoms with Gasteiger partial charge in [0.2, 0.25) is 5.95 Å². The summed E-state index contributed by atoms with van der Waals surface area (Å²) in [6.07, 6.45) is 5.98. The molecule has 7 heteroatoms. The topological polar surface area (TPSA) is 76.8 Å². The quantitative estimate of drug-likeness (QED) is 0.739. The van der Waals surface area contributed by atoms with Crippen molar-refractivity contribution >= 4 is 22.9 Å². The fourth-order valence-corrected chi connectivity index (χ4v) is 3.76. The fraction of sp³-hybridized carbons (Fsp3) is 0.421. The Labute approximate surface area is 152 Å². The van der Waals surface area contributed by atoms with Crippen LogP contribution in [0, 0.1) is 0 Å². The molecular weight excluding hydrogens is 328 g/mol. The molecule has 1 aromatic carbocycles. The summed E-state index contributed by atoms with van der Waals surface area (Å²) in [6, 6.07) is 9.85. The van der Waals surface area contributed by atoms with Crippen molar-refractivity contribution in [2.24, 2.45) is 0 Å². The molecule has 0 atom stereocenters. The van der Waals surface area contributed by atoms with E-state index in [4.69, 9.17) is 0 Å². The van der Waals surface area contributed by atoms with Crippen molar-refractivity contribution in [2.75, 3.05) is 18.4 Å². The first-order valence-corrected chi connectivity index (χ1v) is 9.22. The van der Waals surface area contributed by atoms with Gasteiger partial charge in [-0.15, -0.1) is 0 Å². The maximum absolute atomic E-state index is 13.4. The lowest BCUT2D eigenvalue weighted by Crippen LogP contribution is -2.52. The third kappa shape index (κ3) is 2.78. The van der Waals surface area contributed by atoms with Gasteiger partial charge in [-0.1, -0.05) is 19.1 Å². The molecule has 1 saturated heterocycles. The zero-order valence-electron chi connectivity index (χ0n) is 15.0. The molecule has 1 aliphatic heterocycles. The minimum Gasteiger partial charge on any atom is -0.317 e. The van der Waals surface area contributed by atoms with E-state index in [1.165, 1.54) is 0 Å². The number of anilines is 1. The number of fused-ring (bicyclic) bond motifs is 1. The molecule has 4 rings (SSSR count). The molecule has 7 nitrogen and oxygen atoms in total. The van der Waals surface area contributed by atoms with Crippen molar-refractivity contribution in [2.45, 2.75) is 38.3 Å². The zero-order valence-corrected chi connectivity index (χ0v) is 15.0. The molecular formula is C19H24N6O. The monoisotopic (exact) mass is 352 g/mol. The molecule has 2 aromatic heterocycles. The Hall–Kier alpha value is -2.67. The predicted molar refractivity (Wildman–Crippen MR) is 101 cm³/mol. The van der Waals surface area contributed by atoms with Crippen LogP contribution in [0.5, 0.6) is 0 Å². The number of carbonyl (C=O) groups excluding carboxylic acids is 1. The van der Waals surface area contributed by atoms with Gasteiger partial charge in [-0.2, -0.15) is 5.10 Å².